The summed E-state index contributed by atoms with van der Waals surface area (Å²) in [5.41, 5.74) is 0. The summed E-state index contributed by atoms with van der Waals surface area (Å²) in [4.78, 5) is 0. The lowest BCUT2D eigenvalue weighted by atomic mass is 10.1. The molecule has 0 radical (unpaired) electrons. The van der Waals surface area contributed by atoms with Crippen LogP contribution in [0.5, 0.6) is 0 Å². The van der Waals surface area contributed by atoms with Crippen LogP contribution in [-0.4, -0.2) is 12.7 Å². The van der Waals surface area contributed by atoms with E-state index in [1.807, 2.05) is 0 Å². The maximum Gasteiger partial charge on any atom is 0.0606 e. The Balaban J connectivity index is 1.86. The van der Waals surface area contributed by atoms with Crippen LogP contribution in [0.3, 0.4) is 0 Å². The van der Waals surface area contributed by atoms with Crippen LogP contribution >= 0.6 is 0 Å². The summed E-state index contributed by atoms with van der Waals surface area (Å²) >= 11 is 0. The summed E-state index contributed by atoms with van der Waals surface area (Å²) in [6.07, 6.45) is 4.83. The van der Waals surface area contributed by atoms with Gasteiger partial charge < -0.3 is 4.74 Å². The summed E-state index contributed by atoms with van der Waals surface area (Å²) < 4.78 is 5.59. The number of hydrogen-bond acceptors (Lipinski definition) is 1. The van der Waals surface area contributed by atoms with Crippen LogP contribution < -0.4 is 0 Å². The molecular weight excluding hydrogens is 112 g/mol. The zero-order chi connectivity index (χ0) is 6.27. The molecule has 0 aromatic carbocycles. The lowest BCUT2D eigenvalue weighted by molar-refractivity contribution is 0.0913. The Morgan fingerprint density at radius 2 is 2.11 bits per heavy atom. The molecule has 1 heteroatoms. The Labute approximate surface area is 56.4 Å². The SMILES string of the molecule is CC1COC(C2CC2)C1. The van der Waals surface area contributed by atoms with Gasteiger partial charge in [0, 0.05) is 6.61 Å². The molecule has 0 spiro atoms. The van der Waals surface area contributed by atoms with E-state index in [9.17, 15) is 0 Å². The first kappa shape index (κ1) is 5.72. The van der Waals surface area contributed by atoms with Gasteiger partial charge >= 0.3 is 0 Å². The molecule has 9 heavy (non-hydrogen) atoms. The number of hydrogen-bond donors (Lipinski definition) is 0. The molecule has 1 aliphatic carbocycles. The molecule has 0 N–H and O–H groups in total. The second kappa shape index (κ2) is 1.98. The predicted molar refractivity (Wildman–Crippen MR) is 36.2 cm³/mol. The molecule has 2 rings (SSSR count). The molecule has 0 aromatic rings. The normalized spacial score (nSPS) is 43.7. The highest BCUT2D eigenvalue weighted by Crippen LogP contribution is 2.39. The average Bonchev–Trinajstić information content (AvgIpc) is 2.58. The van der Waals surface area contributed by atoms with Gasteiger partial charge in [-0.3, -0.25) is 0 Å². The van der Waals surface area contributed by atoms with Gasteiger partial charge in [-0.05, 0) is 31.1 Å². The van der Waals surface area contributed by atoms with E-state index in [4.69, 9.17) is 4.74 Å². The van der Waals surface area contributed by atoms with Gasteiger partial charge in [0.2, 0.25) is 0 Å². The van der Waals surface area contributed by atoms with Crippen molar-refractivity contribution < 1.29 is 4.74 Å². The van der Waals surface area contributed by atoms with Gasteiger partial charge in [-0.1, -0.05) is 6.92 Å². The Hall–Kier alpha value is -0.0400. The topological polar surface area (TPSA) is 9.23 Å². The summed E-state index contributed by atoms with van der Waals surface area (Å²) in [7, 11) is 0. The molecule has 2 unspecified atom stereocenters. The van der Waals surface area contributed by atoms with E-state index >= 15 is 0 Å². The highest BCUT2D eigenvalue weighted by Gasteiger charge is 2.36. The van der Waals surface area contributed by atoms with Crippen molar-refractivity contribution in [2.45, 2.75) is 32.3 Å². The van der Waals surface area contributed by atoms with E-state index in [0.29, 0.717) is 6.10 Å². The van der Waals surface area contributed by atoms with Crippen molar-refractivity contribution in [2.75, 3.05) is 6.61 Å². The molecule has 0 bridgehead atoms. The molecule has 1 heterocycles. The first-order chi connectivity index (χ1) is 4.36. The zero-order valence-electron chi connectivity index (χ0n) is 5.97. The molecule has 1 aliphatic heterocycles. The average molecular weight is 126 g/mol. The fourth-order valence-corrected chi connectivity index (χ4v) is 1.62. The molecule has 1 saturated heterocycles. The van der Waals surface area contributed by atoms with E-state index in [1.54, 1.807) is 0 Å². The van der Waals surface area contributed by atoms with Crippen LogP contribution in [0.25, 0.3) is 0 Å². The third kappa shape index (κ3) is 1.11. The minimum Gasteiger partial charge on any atom is -0.378 e. The largest absolute Gasteiger partial charge is 0.378 e. The van der Waals surface area contributed by atoms with E-state index in [-0.39, 0.29) is 0 Å². The fraction of sp³-hybridized carbons (Fsp3) is 1.00. The minimum atomic E-state index is 0.653. The van der Waals surface area contributed by atoms with Crippen molar-refractivity contribution in [3.63, 3.8) is 0 Å². The highest BCUT2D eigenvalue weighted by atomic mass is 16.5. The molecule has 52 valence electrons. The van der Waals surface area contributed by atoms with E-state index in [1.165, 1.54) is 19.3 Å². The Morgan fingerprint density at radius 1 is 1.33 bits per heavy atom. The van der Waals surface area contributed by atoms with Gasteiger partial charge in [-0.15, -0.1) is 0 Å². The van der Waals surface area contributed by atoms with Gasteiger partial charge in [0.15, 0.2) is 0 Å². The quantitative estimate of drug-likeness (QED) is 0.520. The first-order valence-electron chi connectivity index (χ1n) is 3.98. The first-order valence-corrected chi connectivity index (χ1v) is 3.98. The van der Waals surface area contributed by atoms with Crippen molar-refractivity contribution >= 4 is 0 Å². The summed E-state index contributed by atoms with van der Waals surface area (Å²) in [6, 6.07) is 0. The van der Waals surface area contributed by atoms with Crippen LogP contribution in [-0.2, 0) is 4.74 Å². The van der Waals surface area contributed by atoms with Crippen LogP contribution in [0.4, 0.5) is 0 Å². The Kier molecular flexibility index (Phi) is 1.26. The predicted octanol–water partition coefficient (Wildman–Crippen LogP) is 1.82. The molecule has 0 aromatic heterocycles. The smallest absolute Gasteiger partial charge is 0.0606 e. The molecule has 0 amide bonds. The standard InChI is InChI=1S/C8H14O/c1-6-4-8(9-5-6)7-2-3-7/h6-8H,2-5H2,1H3. The summed E-state index contributed by atoms with van der Waals surface area (Å²) in [6.45, 7) is 3.30. The van der Waals surface area contributed by atoms with Crippen LogP contribution in [0, 0.1) is 11.8 Å². The van der Waals surface area contributed by atoms with Crippen molar-refractivity contribution in [1.29, 1.82) is 0 Å². The van der Waals surface area contributed by atoms with Crippen LogP contribution in [0.15, 0.2) is 0 Å². The minimum absolute atomic E-state index is 0.653. The van der Waals surface area contributed by atoms with Crippen molar-refractivity contribution in [3.8, 4) is 0 Å². The van der Waals surface area contributed by atoms with Gasteiger partial charge in [0.25, 0.3) is 0 Å². The molecule has 1 nitrogen and oxygen atoms in total. The fourth-order valence-electron chi connectivity index (χ4n) is 1.62. The van der Waals surface area contributed by atoms with E-state index < -0.39 is 0 Å². The monoisotopic (exact) mass is 126 g/mol. The van der Waals surface area contributed by atoms with Crippen LogP contribution in [0.2, 0.25) is 0 Å². The maximum absolute atomic E-state index is 5.59. The van der Waals surface area contributed by atoms with Crippen LogP contribution in [0.1, 0.15) is 26.2 Å². The van der Waals surface area contributed by atoms with Gasteiger partial charge in [-0.2, -0.15) is 0 Å². The second-order valence-corrected chi connectivity index (χ2v) is 3.55. The van der Waals surface area contributed by atoms with Crippen molar-refractivity contribution in [1.82, 2.24) is 0 Å². The summed E-state index contributed by atoms with van der Waals surface area (Å²) in [5.74, 6) is 1.78. The maximum atomic E-state index is 5.59. The van der Waals surface area contributed by atoms with Crippen molar-refractivity contribution in [3.05, 3.63) is 0 Å². The third-order valence-electron chi connectivity index (χ3n) is 2.38. The second-order valence-electron chi connectivity index (χ2n) is 3.55. The van der Waals surface area contributed by atoms with Gasteiger partial charge in [0.05, 0.1) is 6.10 Å². The molecule has 2 fully saturated rings. The zero-order valence-corrected chi connectivity index (χ0v) is 5.97. The number of ether oxygens (including phenoxy) is 1. The molecular formula is C8H14O. The molecule has 1 saturated carbocycles. The highest BCUT2D eigenvalue weighted by molar-refractivity contribution is 4.86. The lowest BCUT2D eigenvalue weighted by Crippen LogP contribution is -2.06. The Bertz CT molecular complexity index is 107. The number of rotatable bonds is 1. The van der Waals surface area contributed by atoms with E-state index in [2.05, 4.69) is 6.92 Å². The summed E-state index contributed by atoms with van der Waals surface area (Å²) in [5, 5.41) is 0. The molecule has 2 atom stereocenters. The Morgan fingerprint density at radius 3 is 2.56 bits per heavy atom. The molecule has 2 aliphatic rings. The van der Waals surface area contributed by atoms with E-state index in [0.717, 1.165) is 18.4 Å². The lowest BCUT2D eigenvalue weighted by Gasteiger charge is -2.04. The van der Waals surface area contributed by atoms with Crippen molar-refractivity contribution in [2.24, 2.45) is 11.8 Å². The van der Waals surface area contributed by atoms with Gasteiger partial charge in [0.1, 0.15) is 0 Å². The van der Waals surface area contributed by atoms with Gasteiger partial charge in [-0.25, -0.2) is 0 Å². The third-order valence-corrected chi connectivity index (χ3v) is 2.38.